The quantitative estimate of drug-likeness (QED) is 0.549. The van der Waals surface area contributed by atoms with Crippen LogP contribution in [-0.4, -0.2) is 15.0 Å². The number of anilines is 1. The molecule has 0 amide bonds. The molecule has 3 aromatic rings. The minimum Gasteiger partial charge on any atom is -0.398 e. The maximum Gasteiger partial charge on any atom is 0.192 e. The number of halogens is 1. The number of benzene rings is 1. The molecule has 0 bridgehead atoms. The van der Waals surface area contributed by atoms with Crippen LogP contribution in [0.15, 0.2) is 45.0 Å². The van der Waals surface area contributed by atoms with E-state index in [0.717, 1.165) is 36.8 Å². The lowest BCUT2D eigenvalue weighted by Crippen LogP contribution is -1.94. The molecule has 3 rings (SSSR count). The molecule has 2 heterocycles. The Morgan fingerprint density at radius 1 is 1.10 bits per heavy atom. The van der Waals surface area contributed by atoms with E-state index in [0.29, 0.717) is 5.69 Å². The number of aryl methyl sites for hydroxylation is 2. The lowest BCUT2D eigenvalue weighted by molar-refractivity contribution is 0.902. The molecule has 0 spiro atoms. The van der Waals surface area contributed by atoms with Gasteiger partial charge in [-0.3, -0.25) is 4.98 Å². The van der Waals surface area contributed by atoms with Gasteiger partial charge in [0.05, 0.1) is 5.52 Å². The molecule has 0 aliphatic rings. The molecule has 0 atom stereocenters. The predicted octanol–water partition coefficient (Wildman–Crippen LogP) is 4.14. The Morgan fingerprint density at radius 2 is 1.81 bits per heavy atom. The van der Waals surface area contributed by atoms with Crippen molar-refractivity contribution < 1.29 is 0 Å². The van der Waals surface area contributed by atoms with Gasteiger partial charge in [-0.2, -0.15) is 0 Å². The second-order valence-corrected chi connectivity index (χ2v) is 6.66. The first-order chi connectivity index (χ1) is 10.0. The molecule has 4 nitrogen and oxygen atoms in total. The van der Waals surface area contributed by atoms with Crippen LogP contribution in [0.4, 0.5) is 5.69 Å². The summed E-state index contributed by atoms with van der Waals surface area (Å²) in [6.45, 7) is 3.93. The Kier molecular flexibility index (Phi) is 3.82. The molecule has 0 radical (unpaired) electrons. The fourth-order valence-corrected chi connectivity index (χ4v) is 3.41. The number of nitrogens with zero attached hydrogens (tertiary/aromatic N) is 3. The van der Waals surface area contributed by atoms with E-state index in [1.807, 2.05) is 38.1 Å². The highest BCUT2D eigenvalue weighted by Gasteiger charge is 2.10. The minimum absolute atomic E-state index is 0.712. The first-order valence-electron chi connectivity index (χ1n) is 6.37. The van der Waals surface area contributed by atoms with Crippen LogP contribution in [0, 0.1) is 13.8 Å². The number of hydrogen-bond donors (Lipinski definition) is 1. The monoisotopic (exact) mass is 360 g/mol. The smallest absolute Gasteiger partial charge is 0.192 e. The number of pyridine rings is 1. The van der Waals surface area contributed by atoms with E-state index in [2.05, 4.69) is 30.9 Å². The zero-order valence-corrected chi connectivity index (χ0v) is 14.0. The first kappa shape index (κ1) is 14.3. The highest BCUT2D eigenvalue weighted by molar-refractivity contribution is 9.10. The highest BCUT2D eigenvalue weighted by atomic mass is 79.9. The topological polar surface area (TPSA) is 64.7 Å². The summed E-state index contributed by atoms with van der Waals surface area (Å²) in [6, 6.07) is 7.79. The summed E-state index contributed by atoms with van der Waals surface area (Å²) in [5, 5.41) is 1.65. The van der Waals surface area contributed by atoms with Crippen LogP contribution in [0.5, 0.6) is 0 Å². The largest absolute Gasteiger partial charge is 0.398 e. The Labute approximate surface area is 135 Å². The number of rotatable bonds is 2. The third-order valence-electron chi connectivity index (χ3n) is 2.98. The van der Waals surface area contributed by atoms with Crippen LogP contribution in [0.2, 0.25) is 0 Å². The molecular weight excluding hydrogens is 348 g/mol. The van der Waals surface area contributed by atoms with E-state index in [4.69, 9.17) is 5.73 Å². The van der Waals surface area contributed by atoms with Gasteiger partial charge in [0.25, 0.3) is 0 Å². The summed E-state index contributed by atoms with van der Waals surface area (Å²) in [6.07, 6.45) is 1.77. The van der Waals surface area contributed by atoms with Crippen LogP contribution >= 0.6 is 27.7 Å². The second kappa shape index (κ2) is 5.61. The zero-order chi connectivity index (χ0) is 15.0. The van der Waals surface area contributed by atoms with Gasteiger partial charge in [-0.05, 0) is 65.8 Å². The molecule has 0 unspecified atom stereocenters. The average Bonchev–Trinajstić information content (AvgIpc) is 2.41. The van der Waals surface area contributed by atoms with Gasteiger partial charge in [0.1, 0.15) is 0 Å². The van der Waals surface area contributed by atoms with E-state index >= 15 is 0 Å². The molecule has 1 aromatic carbocycles. The van der Waals surface area contributed by atoms with Crippen molar-refractivity contribution >= 4 is 44.3 Å². The summed E-state index contributed by atoms with van der Waals surface area (Å²) in [7, 11) is 0. The molecule has 2 N–H and O–H groups in total. The van der Waals surface area contributed by atoms with Crippen molar-refractivity contribution in [3.63, 3.8) is 0 Å². The third-order valence-corrected chi connectivity index (χ3v) is 4.32. The van der Waals surface area contributed by atoms with Crippen LogP contribution in [0.3, 0.4) is 0 Å². The number of fused-ring (bicyclic) bond motifs is 1. The summed E-state index contributed by atoms with van der Waals surface area (Å²) in [5.41, 5.74) is 9.53. The maximum absolute atomic E-state index is 6.03. The Balaban J connectivity index is 2.10. The van der Waals surface area contributed by atoms with E-state index in [9.17, 15) is 0 Å². The van der Waals surface area contributed by atoms with Gasteiger partial charge in [-0.15, -0.1) is 0 Å². The second-order valence-electron chi connectivity index (χ2n) is 4.74. The summed E-state index contributed by atoms with van der Waals surface area (Å²) < 4.78 is 0.909. The fraction of sp³-hybridized carbons (Fsp3) is 0.133. The van der Waals surface area contributed by atoms with Crippen LogP contribution < -0.4 is 5.73 Å². The standard InChI is InChI=1S/C15H13BrN4S/c1-8-5-9(2)20-15(19-8)21-13-4-3-12(17)11-6-10(16)7-18-14(11)13/h3-7H,17H2,1-2H3. The van der Waals surface area contributed by atoms with E-state index < -0.39 is 0 Å². The number of hydrogen-bond acceptors (Lipinski definition) is 5. The van der Waals surface area contributed by atoms with Gasteiger partial charge < -0.3 is 5.73 Å². The first-order valence-corrected chi connectivity index (χ1v) is 7.98. The third kappa shape index (κ3) is 3.01. The van der Waals surface area contributed by atoms with Crippen LogP contribution in [-0.2, 0) is 0 Å². The lowest BCUT2D eigenvalue weighted by atomic mass is 10.2. The molecule has 0 saturated heterocycles. The molecule has 0 aliphatic carbocycles. The normalized spacial score (nSPS) is 11.0. The van der Waals surface area contributed by atoms with Crippen molar-refractivity contribution in [2.45, 2.75) is 23.9 Å². The van der Waals surface area contributed by atoms with Crippen LogP contribution in [0.25, 0.3) is 10.9 Å². The molecule has 106 valence electrons. The van der Waals surface area contributed by atoms with Crippen molar-refractivity contribution in [3.05, 3.63) is 46.3 Å². The van der Waals surface area contributed by atoms with Crippen molar-refractivity contribution in [3.8, 4) is 0 Å². The maximum atomic E-state index is 6.03. The van der Waals surface area contributed by atoms with Crippen molar-refractivity contribution in [1.29, 1.82) is 0 Å². The highest BCUT2D eigenvalue weighted by Crippen LogP contribution is 2.34. The molecule has 0 fully saturated rings. The number of nitrogens with two attached hydrogens (primary N) is 1. The van der Waals surface area contributed by atoms with E-state index in [-0.39, 0.29) is 0 Å². The summed E-state index contributed by atoms with van der Waals surface area (Å²) in [5.74, 6) is 0. The van der Waals surface area contributed by atoms with E-state index in [1.54, 1.807) is 6.20 Å². The lowest BCUT2D eigenvalue weighted by Gasteiger charge is -2.08. The zero-order valence-electron chi connectivity index (χ0n) is 11.6. The molecule has 21 heavy (non-hydrogen) atoms. The molecular formula is C15H13BrN4S. The molecule has 0 aliphatic heterocycles. The SMILES string of the molecule is Cc1cc(C)nc(Sc2ccc(N)c3cc(Br)cnc23)n1. The molecule has 2 aromatic heterocycles. The van der Waals surface area contributed by atoms with Gasteiger partial charge in [0.15, 0.2) is 5.16 Å². The Morgan fingerprint density at radius 3 is 2.52 bits per heavy atom. The predicted molar refractivity (Wildman–Crippen MR) is 89.5 cm³/mol. The number of nitrogen functional groups attached to an aromatic ring is 1. The Bertz CT molecular complexity index is 815. The number of aromatic nitrogens is 3. The van der Waals surface area contributed by atoms with Crippen molar-refractivity contribution in [1.82, 2.24) is 15.0 Å². The van der Waals surface area contributed by atoms with E-state index in [1.165, 1.54) is 11.8 Å². The molecule has 6 heteroatoms. The van der Waals surface area contributed by atoms with Crippen molar-refractivity contribution in [2.75, 3.05) is 5.73 Å². The van der Waals surface area contributed by atoms with Gasteiger partial charge in [-0.25, -0.2) is 9.97 Å². The van der Waals surface area contributed by atoms with Crippen LogP contribution in [0.1, 0.15) is 11.4 Å². The average molecular weight is 361 g/mol. The van der Waals surface area contributed by atoms with Gasteiger partial charge in [0, 0.05) is 38.0 Å². The van der Waals surface area contributed by atoms with Gasteiger partial charge in [0.2, 0.25) is 0 Å². The summed E-state index contributed by atoms with van der Waals surface area (Å²) in [4.78, 5) is 14.4. The fourth-order valence-electron chi connectivity index (χ4n) is 2.11. The Hall–Kier alpha value is -1.66. The minimum atomic E-state index is 0.712. The van der Waals surface area contributed by atoms with Gasteiger partial charge >= 0.3 is 0 Å². The summed E-state index contributed by atoms with van der Waals surface area (Å²) >= 11 is 4.93. The van der Waals surface area contributed by atoms with Crippen molar-refractivity contribution in [2.24, 2.45) is 0 Å². The molecule has 0 saturated carbocycles. The van der Waals surface area contributed by atoms with Gasteiger partial charge in [-0.1, -0.05) is 0 Å².